The van der Waals surface area contributed by atoms with Crippen LogP contribution in [-0.4, -0.2) is 11.9 Å². The van der Waals surface area contributed by atoms with Crippen LogP contribution in [0.15, 0.2) is 36.4 Å². The third-order valence-corrected chi connectivity index (χ3v) is 3.01. The molecular weight excluding hydrogens is 210 g/mol. The van der Waals surface area contributed by atoms with Crippen molar-refractivity contribution in [3.05, 3.63) is 42.0 Å². The maximum Gasteiger partial charge on any atom is 0.260 e. The molecule has 0 saturated carbocycles. The molecule has 1 aliphatic rings. The highest BCUT2D eigenvalue weighted by Crippen LogP contribution is 2.36. The Morgan fingerprint density at radius 3 is 2.60 bits per heavy atom. The first-order valence-corrected chi connectivity index (χ1v) is 5.26. The smallest absolute Gasteiger partial charge is 0.260 e. The van der Waals surface area contributed by atoms with Crippen molar-refractivity contribution in [2.24, 2.45) is 0 Å². The molecule has 0 atom stereocenters. The van der Waals surface area contributed by atoms with Crippen LogP contribution in [0.25, 0.3) is 10.8 Å². The Morgan fingerprint density at radius 2 is 1.87 bits per heavy atom. The second kappa shape index (κ2) is 2.97. The molecule has 2 nitrogen and oxygen atoms in total. The molecule has 0 N–H and O–H groups in total. The van der Waals surface area contributed by atoms with E-state index >= 15 is 0 Å². The molecule has 0 saturated heterocycles. The predicted molar refractivity (Wildman–Crippen MR) is 61.5 cm³/mol. The van der Waals surface area contributed by atoms with Crippen molar-refractivity contribution in [3.63, 3.8) is 0 Å². The molecule has 0 fully saturated rings. The number of amides is 1. The van der Waals surface area contributed by atoms with E-state index in [1.54, 1.807) is 4.90 Å². The van der Waals surface area contributed by atoms with E-state index in [0.717, 1.165) is 22.0 Å². The summed E-state index contributed by atoms with van der Waals surface area (Å²) >= 11 is 5.78. The van der Waals surface area contributed by atoms with Crippen LogP contribution < -0.4 is 4.90 Å². The Bertz CT molecular complexity index is 559. The molecule has 0 radical (unpaired) electrons. The standard InChI is InChI=1S/C12H8ClNO/c13-7-14-10-6-2-4-8-3-1-5-9(11(8)10)12(14)15/h1-6H,7H2. The Balaban J connectivity index is 2.45. The van der Waals surface area contributed by atoms with E-state index in [4.69, 9.17) is 11.6 Å². The molecule has 0 unspecified atom stereocenters. The van der Waals surface area contributed by atoms with Crippen LogP contribution in [0.5, 0.6) is 0 Å². The molecule has 0 spiro atoms. The minimum absolute atomic E-state index is 0.00296. The van der Waals surface area contributed by atoms with Crippen LogP contribution in [0.4, 0.5) is 5.69 Å². The van der Waals surface area contributed by atoms with Gasteiger partial charge in [-0.1, -0.05) is 24.3 Å². The molecule has 1 heterocycles. The van der Waals surface area contributed by atoms with E-state index in [0.29, 0.717) is 0 Å². The number of anilines is 1. The monoisotopic (exact) mass is 217 g/mol. The van der Waals surface area contributed by atoms with Crippen molar-refractivity contribution < 1.29 is 4.79 Å². The molecular formula is C12H8ClNO. The third-order valence-electron chi connectivity index (χ3n) is 2.77. The van der Waals surface area contributed by atoms with Crippen molar-refractivity contribution >= 4 is 34.0 Å². The van der Waals surface area contributed by atoms with Gasteiger partial charge in [0, 0.05) is 10.9 Å². The number of carbonyl (C=O) groups excluding carboxylic acids is 1. The van der Waals surface area contributed by atoms with Gasteiger partial charge in [-0.3, -0.25) is 9.69 Å². The van der Waals surface area contributed by atoms with Crippen LogP contribution in [-0.2, 0) is 0 Å². The minimum atomic E-state index is -0.00296. The van der Waals surface area contributed by atoms with Crippen molar-refractivity contribution in [1.82, 2.24) is 0 Å². The van der Waals surface area contributed by atoms with Gasteiger partial charge in [-0.05, 0) is 17.5 Å². The molecule has 3 rings (SSSR count). The second-order valence-corrected chi connectivity index (χ2v) is 3.77. The molecule has 2 aromatic rings. The fourth-order valence-electron chi connectivity index (χ4n) is 2.10. The second-order valence-electron chi connectivity index (χ2n) is 3.53. The normalized spacial score (nSPS) is 13.9. The van der Waals surface area contributed by atoms with Gasteiger partial charge in [0.25, 0.3) is 5.91 Å². The summed E-state index contributed by atoms with van der Waals surface area (Å²) in [5, 5.41) is 2.11. The van der Waals surface area contributed by atoms with Crippen LogP contribution in [0, 0.1) is 0 Å². The first kappa shape index (κ1) is 8.74. The lowest BCUT2D eigenvalue weighted by atomic mass is 10.1. The summed E-state index contributed by atoms with van der Waals surface area (Å²) < 4.78 is 0. The van der Waals surface area contributed by atoms with Gasteiger partial charge in [0.15, 0.2) is 0 Å². The van der Waals surface area contributed by atoms with Gasteiger partial charge < -0.3 is 0 Å². The van der Waals surface area contributed by atoms with E-state index in [1.165, 1.54) is 0 Å². The van der Waals surface area contributed by atoms with E-state index < -0.39 is 0 Å². The molecule has 15 heavy (non-hydrogen) atoms. The Labute approximate surface area is 92.1 Å². The van der Waals surface area contributed by atoms with Gasteiger partial charge in [0.05, 0.1) is 5.69 Å². The Morgan fingerprint density at radius 1 is 1.13 bits per heavy atom. The van der Waals surface area contributed by atoms with Gasteiger partial charge in [-0.2, -0.15) is 0 Å². The summed E-state index contributed by atoms with van der Waals surface area (Å²) in [5.41, 5.74) is 1.67. The highest BCUT2D eigenvalue weighted by atomic mass is 35.5. The first-order chi connectivity index (χ1) is 7.33. The predicted octanol–water partition coefficient (Wildman–Crippen LogP) is 3.00. The number of halogens is 1. The Kier molecular flexibility index (Phi) is 1.73. The molecule has 74 valence electrons. The molecule has 0 aromatic heterocycles. The zero-order valence-corrected chi connectivity index (χ0v) is 8.66. The molecule has 3 heteroatoms. The van der Waals surface area contributed by atoms with E-state index in [1.807, 2.05) is 36.4 Å². The van der Waals surface area contributed by atoms with Crippen LogP contribution in [0.1, 0.15) is 10.4 Å². The van der Waals surface area contributed by atoms with Crippen LogP contribution in [0.2, 0.25) is 0 Å². The SMILES string of the molecule is O=C1c2cccc3cccc(c23)N1CCl. The number of alkyl halides is 1. The van der Waals surface area contributed by atoms with Gasteiger partial charge in [0.2, 0.25) is 0 Å². The van der Waals surface area contributed by atoms with E-state index in [2.05, 4.69) is 0 Å². The number of benzene rings is 2. The van der Waals surface area contributed by atoms with Crippen molar-refractivity contribution in [2.75, 3.05) is 10.9 Å². The van der Waals surface area contributed by atoms with Crippen molar-refractivity contribution in [1.29, 1.82) is 0 Å². The number of nitrogens with zero attached hydrogens (tertiary/aromatic N) is 1. The lowest BCUT2D eigenvalue weighted by Gasteiger charge is -2.12. The van der Waals surface area contributed by atoms with E-state index in [9.17, 15) is 4.79 Å². The van der Waals surface area contributed by atoms with Gasteiger partial charge >= 0.3 is 0 Å². The fraction of sp³-hybridized carbons (Fsp3) is 0.0833. The molecule has 2 aromatic carbocycles. The summed E-state index contributed by atoms with van der Waals surface area (Å²) in [4.78, 5) is 13.5. The summed E-state index contributed by atoms with van der Waals surface area (Å²) in [6.45, 7) is 0. The molecule has 0 bridgehead atoms. The molecule has 1 amide bonds. The average molecular weight is 218 g/mol. The number of hydrogen-bond donors (Lipinski definition) is 0. The summed E-state index contributed by atoms with van der Waals surface area (Å²) in [7, 11) is 0. The highest BCUT2D eigenvalue weighted by molar-refractivity contribution is 6.30. The topological polar surface area (TPSA) is 20.3 Å². The number of rotatable bonds is 1. The van der Waals surface area contributed by atoms with Gasteiger partial charge in [-0.15, -0.1) is 11.6 Å². The maximum absolute atomic E-state index is 11.9. The fourth-order valence-corrected chi connectivity index (χ4v) is 2.34. The van der Waals surface area contributed by atoms with Gasteiger partial charge in [0.1, 0.15) is 6.00 Å². The quantitative estimate of drug-likeness (QED) is 0.531. The van der Waals surface area contributed by atoms with E-state index in [-0.39, 0.29) is 11.9 Å². The highest BCUT2D eigenvalue weighted by Gasteiger charge is 2.28. The lowest BCUT2D eigenvalue weighted by Crippen LogP contribution is -2.24. The summed E-state index contributed by atoms with van der Waals surface area (Å²) in [5.74, 6) is -0.00296. The zero-order chi connectivity index (χ0) is 10.4. The van der Waals surface area contributed by atoms with Crippen molar-refractivity contribution in [3.8, 4) is 0 Å². The zero-order valence-electron chi connectivity index (χ0n) is 7.90. The first-order valence-electron chi connectivity index (χ1n) is 4.72. The molecule has 1 aliphatic heterocycles. The van der Waals surface area contributed by atoms with Crippen molar-refractivity contribution in [2.45, 2.75) is 0 Å². The molecule has 0 aliphatic carbocycles. The number of carbonyl (C=O) groups is 1. The maximum atomic E-state index is 11.9. The largest absolute Gasteiger partial charge is 0.293 e. The van der Waals surface area contributed by atoms with Crippen LogP contribution in [0.3, 0.4) is 0 Å². The third kappa shape index (κ3) is 1.03. The Hall–Kier alpha value is -1.54. The summed E-state index contributed by atoms with van der Waals surface area (Å²) in [6.07, 6.45) is 0. The lowest BCUT2D eigenvalue weighted by molar-refractivity contribution is 0.0997. The van der Waals surface area contributed by atoms with Gasteiger partial charge in [-0.25, -0.2) is 0 Å². The summed E-state index contributed by atoms with van der Waals surface area (Å²) in [6, 6.07) is 11.8. The van der Waals surface area contributed by atoms with Crippen LogP contribution >= 0.6 is 11.6 Å². The minimum Gasteiger partial charge on any atom is -0.293 e. The average Bonchev–Trinajstić information content (AvgIpc) is 2.55. The number of hydrogen-bond acceptors (Lipinski definition) is 1.